The Bertz CT molecular complexity index is 1080. The molecule has 3 aromatic carbocycles. The van der Waals surface area contributed by atoms with Crippen LogP contribution in [0.5, 0.6) is 0 Å². The molecular weight excluding hydrogens is 354 g/mol. The molecule has 0 radical (unpaired) electrons. The number of hydrazone groups is 1. The number of hydrogen-bond acceptors (Lipinski definition) is 3. The number of carbonyl (C=O) groups excluding carboxylic acids is 1. The molecule has 0 fully saturated rings. The predicted octanol–water partition coefficient (Wildman–Crippen LogP) is 4.85. The van der Waals surface area contributed by atoms with Gasteiger partial charge in [0.05, 0.1) is 0 Å². The lowest BCUT2D eigenvalue weighted by atomic mass is 10.0. The zero-order valence-electron chi connectivity index (χ0n) is 15.1. The van der Waals surface area contributed by atoms with Crippen LogP contribution < -0.4 is 10.7 Å². The molecular formula is C22H19N3OS. The van der Waals surface area contributed by atoms with Gasteiger partial charge in [0.1, 0.15) is 5.71 Å². The van der Waals surface area contributed by atoms with Gasteiger partial charge >= 0.3 is 0 Å². The Hall–Kier alpha value is -3.05. The summed E-state index contributed by atoms with van der Waals surface area (Å²) in [5.74, 6) is 0.395. The molecule has 27 heavy (non-hydrogen) atoms. The van der Waals surface area contributed by atoms with Gasteiger partial charge in [-0.15, -0.1) is 0 Å². The highest BCUT2D eigenvalue weighted by Gasteiger charge is 2.28. The van der Waals surface area contributed by atoms with Crippen LogP contribution in [0.15, 0.2) is 65.8 Å². The van der Waals surface area contributed by atoms with Crippen LogP contribution in [0.2, 0.25) is 0 Å². The second-order valence-electron chi connectivity index (χ2n) is 6.84. The fourth-order valence-electron chi connectivity index (χ4n) is 3.31. The van der Waals surface area contributed by atoms with E-state index >= 15 is 0 Å². The summed E-state index contributed by atoms with van der Waals surface area (Å²) in [5, 5.41) is 9.73. The first-order chi connectivity index (χ1) is 13.0. The first-order valence-corrected chi connectivity index (χ1v) is 9.27. The predicted molar refractivity (Wildman–Crippen MR) is 115 cm³/mol. The zero-order chi connectivity index (χ0) is 19.0. The molecule has 2 N–H and O–H groups in total. The fraction of sp³-hybridized carbons (Fsp3) is 0.136. The Kier molecular flexibility index (Phi) is 4.46. The van der Waals surface area contributed by atoms with Crippen molar-refractivity contribution in [3.05, 3.63) is 77.4 Å². The van der Waals surface area contributed by atoms with E-state index in [2.05, 4.69) is 41.8 Å². The van der Waals surface area contributed by atoms with Crippen molar-refractivity contribution < 1.29 is 4.79 Å². The quantitative estimate of drug-likeness (QED) is 0.509. The van der Waals surface area contributed by atoms with Gasteiger partial charge in [-0.2, -0.15) is 5.10 Å². The first-order valence-electron chi connectivity index (χ1n) is 8.86. The van der Waals surface area contributed by atoms with E-state index in [0.29, 0.717) is 22.3 Å². The molecule has 0 aromatic heterocycles. The first kappa shape index (κ1) is 17.4. The van der Waals surface area contributed by atoms with Gasteiger partial charge in [0, 0.05) is 22.2 Å². The second-order valence-corrected chi connectivity index (χ2v) is 7.25. The number of hydrogen-bond donors (Lipinski definition) is 2. The number of nitrogens with one attached hydrogen (secondary N) is 2. The van der Waals surface area contributed by atoms with E-state index in [1.807, 2.05) is 48.5 Å². The van der Waals surface area contributed by atoms with E-state index < -0.39 is 0 Å². The average molecular weight is 373 g/mol. The third-order valence-corrected chi connectivity index (χ3v) is 4.92. The van der Waals surface area contributed by atoms with Crippen molar-refractivity contribution in [3.63, 3.8) is 0 Å². The summed E-state index contributed by atoms with van der Waals surface area (Å²) in [6, 6.07) is 19.7. The number of nitrogens with zero attached hydrogens (tertiary/aromatic N) is 1. The van der Waals surface area contributed by atoms with Crippen LogP contribution in [0.1, 0.15) is 41.3 Å². The van der Waals surface area contributed by atoms with E-state index in [4.69, 9.17) is 12.2 Å². The summed E-state index contributed by atoms with van der Waals surface area (Å²) in [7, 11) is 0. The Labute approximate surface area is 163 Å². The maximum absolute atomic E-state index is 12.7. The summed E-state index contributed by atoms with van der Waals surface area (Å²) in [4.78, 5) is 12.7. The lowest BCUT2D eigenvalue weighted by Crippen LogP contribution is -2.26. The van der Waals surface area contributed by atoms with Gasteiger partial charge in [0.2, 0.25) is 5.78 Å². The van der Waals surface area contributed by atoms with Gasteiger partial charge in [-0.3, -0.25) is 10.2 Å². The Morgan fingerprint density at radius 2 is 1.63 bits per heavy atom. The monoisotopic (exact) mass is 373 g/mol. The van der Waals surface area contributed by atoms with E-state index in [1.54, 1.807) is 0 Å². The van der Waals surface area contributed by atoms with E-state index in [0.717, 1.165) is 22.0 Å². The van der Waals surface area contributed by atoms with Gasteiger partial charge in [0.25, 0.3) is 0 Å². The number of Topliss-reactive ketones (excluding diaryl/α,β-unsaturated/α-hetero) is 1. The number of benzene rings is 3. The summed E-state index contributed by atoms with van der Waals surface area (Å²) in [5.41, 5.74) is 6.86. The third-order valence-electron chi connectivity index (χ3n) is 4.72. The Balaban J connectivity index is 1.53. The smallest absolute Gasteiger partial charge is 0.214 e. The molecule has 0 heterocycles. The Morgan fingerprint density at radius 3 is 2.30 bits per heavy atom. The molecule has 0 aliphatic heterocycles. The summed E-state index contributed by atoms with van der Waals surface area (Å²) in [6.07, 6.45) is 0. The van der Waals surface area contributed by atoms with Crippen LogP contribution in [-0.2, 0) is 0 Å². The van der Waals surface area contributed by atoms with Crippen molar-refractivity contribution in [2.75, 3.05) is 5.32 Å². The van der Waals surface area contributed by atoms with Gasteiger partial charge < -0.3 is 5.32 Å². The van der Waals surface area contributed by atoms with E-state index in [-0.39, 0.29) is 5.78 Å². The van der Waals surface area contributed by atoms with Crippen LogP contribution in [0.4, 0.5) is 5.69 Å². The highest BCUT2D eigenvalue weighted by Crippen LogP contribution is 2.30. The van der Waals surface area contributed by atoms with E-state index in [9.17, 15) is 4.79 Å². The molecule has 1 aliphatic rings. The van der Waals surface area contributed by atoms with Crippen molar-refractivity contribution in [1.82, 2.24) is 5.43 Å². The van der Waals surface area contributed by atoms with Crippen LogP contribution in [0, 0.1) is 0 Å². The van der Waals surface area contributed by atoms with Gasteiger partial charge in [-0.1, -0.05) is 62.4 Å². The number of rotatable bonds is 3. The molecule has 0 spiro atoms. The normalized spacial score (nSPS) is 14.2. The highest BCUT2D eigenvalue weighted by atomic mass is 32.1. The van der Waals surface area contributed by atoms with Crippen molar-refractivity contribution in [1.29, 1.82) is 0 Å². The van der Waals surface area contributed by atoms with Gasteiger partial charge in [-0.25, -0.2) is 0 Å². The summed E-state index contributed by atoms with van der Waals surface area (Å²) in [6.45, 7) is 4.31. The molecule has 1 aliphatic carbocycles. The SMILES string of the molecule is CC(C)c1ccc(NC(=S)N/N=C2\C(=O)c3cccc4cccc2c34)cc1. The molecule has 5 heteroatoms. The molecule has 0 bridgehead atoms. The molecule has 0 amide bonds. The molecule has 134 valence electrons. The Morgan fingerprint density at radius 1 is 0.963 bits per heavy atom. The van der Waals surface area contributed by atoms with Crippen LogP contribution in [0.3, 0.4) is 0 Å². The van der Waals surface area contributed by atoms with Gasteiger partial charge in [0.15, 0.2) is 5.11 Å². The molecule has 0 unspecified atom stereocenters. The minimum absolute atomic E-state index is 0.0848. The summed E-state index contributed by atoms with van der Waals surface area (Å²) < 4.78 is 0. The summed E-state index contributed by atoms with van der Waals surface area (Å²) >= 11 is 5.32. The molecule has 4 nitrogen and oxygen atoms in total. The fourth-order valence-corrected chi connectivity index (χ4v) is 3.47. The number of anilines is 1. The van der Waals surface area contributed by atoms with Crippen molar-refractivity contribution in [2.45, 2.75) is 19.8 Å². The molecule has 4 rings (SSSR count). The number of thiocarbonyl (C=S) groups is 1. The lowest BCUT2D eigenvalue weighted by molar-refractivity contribution is 0.106. The topological polar surface area (TPSA) is 53.5 Å². The van der Waals surface area contributed by atoms with Crippen LogP contribution in [-0.4, -0.2) is 16.6 Å². The van der Waals surface area contributed by atoms with Crippen LogP contribution in [0.25, 0.3) is 10.8 Å². The molecule has 0 saturated heterocycles. The molecule has 0 atom stereocenters. The standard InChI is InChI=1S/C22H19N3OS/c1-13(2)14-9-11-16(12-10-14)23-22(27)25-24-20-17-7-3-5-15-6-4-8-18(19(15)17)21(20)26/h3-13H,1-2H3,(H2,23,25,27)/b24-20-. The van der Waals surface area contributed by atoms with Gasteiger partial charge in [-0.05, 0) is 41.2 Å². The molecule has 0 saturated carbocycles. The minimum Gasteiger partial charge on any atom is -0.331 e. The van der Waals surface area contributed by atoms with E-state index in [1.165, 1.54) is 5.56 Å². The van der Waals surface area contributed by atoms with Crippen LogP contribution >= 0.6 is 12.2 Å². The minimum atomic E-state index is -0.0848. The largest absolute Gasteiger partial charge is 0.331 e. The highest BCUT2D eigenvalue weighted by molar-refractivity contribution is 7.80. The van der Waals surface area contributed by atoms with Crippen molar-refractivity contribution >= 4 is 45.3 Å². The maximum atomic E-state index is 12.7. The number of carbonyl (C=O) groups is 1. The lowest BCUT2D eigenvalue weighted by Gasteiger charge is -2.10. The average Bonchev–Trinajstić information content (AvgIpc) is 2.94. The molecule has 3 aromatic rings. The van der Waals surface area contributed by atoms with Crippen molar-refractivity contribution in [2.24, 2.45) is 5.10 Å². The van der Waals surface area contributed by atoms with Crippen molar-refractivity contribution in [3.8, 4) is 0 Å². The third kappa shape index (κ3) is 3.22. The maximum Gasteiger partial charge on any atom is 0.214 e. The second kappa shape index (κ2) is 6.93. The number of ketones is 1. The zero-order valence-corrected chi connectivity index (χ0v) is 15.9.